The smallest absolute Gasteiger partial charge is 0.338 e. The molecule has 0 spiro atoms. The number of nitrogens with zero attached hydrogens (tertiary/aromatic N) is 1. The zero-order valence-corrected chi connectivity index (χ0v) is 14.2. The predicted octanol–water partition coefficient (Wildman–Crippen LogP) is 3.58. The lowest BCUT2D eigenvalue weighted by Gasteiger charge is -2.22. The molecule has 118 valence electrons. The van der Waals surface area contributed by atoms with Gasteiger partial charge in [-0.1, -0.05) is 34.1 Å². The summed E-state index contributed by atoms with van der Waals surface area (Å²) < 4.78 is 6.04. The molecule has 3 rings (SSSR count). The zero-order chi connectivity index (χ0) is 16.4. The highest BCUT2D eigenvalue weighted by molar-refractivity contribution is 9.10. The quantitative estimate of drug-likeness (QED) is 0.772. The maximum atomic E-state index is 12.4. The number of anilines is 1. The fourth-order valence-corrected chi connectivity index (χ4v) is 3.08. The Labute approximate surface area is 143 Å². The SMILES string of the molecule is C[C@H]1Cc2ccccc2N1C(=O)COC(=O)c1ccc(Br)cc1. The van der Waals surface area contributed by atoms with Crippen LogP contribution in [0.2, 0.25) is 0 Å². The van der Waals surface area contributed by atoms with Crippen LogP contribution in [0.25, 0.3) is 0 Å². The van der Waals surface area contributed by atoms with E-state index in [9.17, 15) is 9.59 Å². The summed E-state index contributed by atoms with van der Waals surface area (Å²) in [5.41, 5.74) is 2.48. The Morgan fingerprint density at radius 2 is 1.87 bits per heavy atom. The summed E-state index contributed by atoms with van der Waals surface area (Å²) >= 11 is 3.31. The maximum absolute atomic E-state index is 12.4. The average Bonchev–Trinajstić information content (AvgIpc) is 2.88. The largest absolute Gasteiger partial charge is 0.452 e. The van der Waals surface area contributed by atoms with E-state index >= 15 is 0 Å². The molecule has 1 aliphatic rings. The van der Waals surface area contributed by atoms with E-state index in [0.717, 1.165) is 22.1 Å². The van der Waals surface area contributed by atoms with Crippen LogP contribution in [0.15, 0.2) is 53.0 Å². The van der Waals surface area contributed by atoms with E-state index < -0.39 is 5.97 Å². The Morgan fingerprint density at radius 1 is 1.17 bits per heavy atom. The van der Waals surface area contributed by atoms with E-state index in [2.05, 4.69) is 15.9 Å². The van der Waals surface area contributed by atoms with Crippen molar-refractivity contribution in [3.8, 4) is 0 Å². The van der Waals surface area contributed by atoms with Gasteiger partial charge in [-0.15, -0.1) is 0 Å². The fourth-order valence-electron chi connectivity index (χ4n) is 2.81. The number of carbonyl (C=O) groups excluding carboxylic acids is 2. The van der Waals surface area contributed by atoms with Crippen LogP contribution in [-0.4, -0.2) is 24.5 Å². The van der Waals surface area contributed by atoms with Gasteiger partial charge in [-0.2, -0.15) is 0 Å². The summed E-state index contributed by atoms with van der Waals surface area (Å²) in [4.78, 5) is 26.2. The molecule has 0 aliphatic carbocycles. The van der Waals surface area contributed by atoms with Gasteiger partial charge >= 0.3 is 5.97 Å². The van der Waals surface area contributed by atoms with E-state index in [1.807, 2.05) is 31.2 Å². The Kier molecular flexibility index (Phi) is 4.48. The molecule has 0 aromatic heterocycles. The Morgan fingerprint density at radius 3 is 2.61 bits per heavy atom. The molecule has 2 aromatic carbocycles. The van der Waals surface area contributed by atoms with Crippen molar-refractivity contribution in [3.63, 3.8) is 0 Å². The molecule has 5 heteroatoms. The number of hydrogen-bond acceptors (Lipinski definition) is 3. The number of fused-ring (bicyclic) bond motifs is 1. The van der Waals surface area contributed by atoms with Gasteiger partial charge in [0.15, 0.2) is 6.61 Å². The maximum Gasteiger partial charge on any atom is 0.338 e. The van der Waals surface area contributed by atoms with Crippen LogP contribution in [-0.2, 0) is 16.0 Å². The van der Waals surface area contributed by atoms with Gasteiger partial charge in [-0.05, 0) is 49.2 Å². The third-order valence-corrected chi connectivity index (χ3v) is 4.41. The summed E-state index contributed by atoms with van der Waals surface area (Å²) in [6.07, 6.45) is 0.822. The summed E-state index contributed by atoms with van der Waals surface area (Å²) in [5, 5.41) is 0. The lowest BCUT2D eigenvalue weighted by molar-refractivity contribution is -0.122. The third kappa shape index (κ3) is 3.29. The summed E-state index contributed by atoms with van der Waals surface area (Å²) in [7, 11) is 0. The highest BCUT2D eigenvalue weighted by Crippen LogP contribution is 2.31. The van der Waals surface area contributed by atoms with Crippen LogP contribution < -0.4 is 4.90 Å². The summed E-state index contributed by atoms with van der Waals surface area (Å²) in [6, 6.07) is 14.7. The number of hydrogen-bond donors (Lipinski definition) is 0. The van der Waals surface area contributed by atoms with Gasteiger partial charge in [0.1, 0.15) is 0 Å². The second-order valence-corrected chi connectivity index (χ2v) is 6.44. The summed E-state index contributed by atoms with van der Waals surface area (Å²) in [6.45, 7) is 1.74. The molecule has 0 saturated heterocycles. The second-order valence-electron chi connectivity index (χ2n) is 5.53. The number of benzene rings is 2. The molecule has 1 amide bonds. The first-order valence-electron chi connectivity index (χ1n) is 7.39. The van der Waals surface area contributed by atoms with E-state index in [0.29, 0.717) is 5.56 Å². The number of carbonyl (C=O) groups is 2. The van der Waals surface area contributed by atoms with E-state index in [1.54, 1.807) is 29.2 Å². The molecule has 1 aliphatic heterocycles. The molecule has 0 radical (unpaired) electrons. The number of halogens is 1. The molecular weight excluding hydrogens is 358 g/mol. The molecule has 4 nitrogen and oxygen atoms in total. The molecular formula is C18H16BrNO3. The Hall–Kier alpha value is -2.14. The van der Waals surface area contributed by atoms with Crippen LogP contribution in [0, 0.1) is 0 Å². The van der Waals surface area contributed by atoms with Crippen molar-refractivity contribution in [2.45, 2.75) is 19.4 Å². The highest BCUT2D eigenvalue weighted by Gasteiger charge is 2.30. The summed E-state index contributed by atoms with van der Waals surface area (Å²) in [5.74, 6) is -0.695. The molecule has 0 bridgehead atoms. The van der Waals surface area contributed by atoms with Crippen molar-refractivity contribution in [2.24, 2.45) is 0 Å². The van der Waals surface area contributed by atoms with Crippen molar-refractivity contribution in [1.82, 2.24) is 0 Å². The molecule has 23 heavy (non-hydrogen) atoms. The van der Waals surface area contributed by atoms with Gasteiger partial charge in [0.25, 0.3) is 5.91 Å². The third-order valence-electron chi connectivity index (χ3n) is 3.88. The standard InChI is InChI=1S/C18H16BrNO3/c1-12-10-14-4-2-3-5-16(14)20(12)17(21)11-23-18(22)13-6-8-15(19)9-7-13/h2-9,12H,10-11H2,1H3/t12-/m0/s1. The van der Waals surface area contributed by atoms with Gasteiger partial charge in [-0.25, -0.2) is 4.79 Å². The normalized spacial score (nSPS) is 16.1. The monoisotopic (exact) mass is 373 g/mol. The van der Waals surface area contributed by atoms with Gasteiger partial charge in [0.2, 0.25) is 0 Å². The van der Waals surface area contributed by atoms with Crippen molar-refractivity contribution in [3.05, 3.63) is 64.1 Å². The van der Waals surface area contributed by atoms with Crippen molar-refractivity contribution in [1.29, 1.82) is 0 Å². The van der Waals surface area contributed by atoms with Crippen molar-refractivity contribution < 1.29 is 14.3 Å². The van der Waals surface area contributed by atoms with E-state index in [-0.39, 0.29) is 18.6 Å². The second kappa shape index (κ2) is 6.54. The molecule has 0 unspecified atom stereocenters. The first-order valence-corrected chi connectivity index (χ1v) is 8.18. The minimum absolute atomic E-state index is 0.0753. The number of para-hydroxylation sites is 1. The van der Waals surface area contributed by atoms with Gasteiger partial charge in [0, 0.05) is 16.2 Å². The Balaban J connectivity index is 1.66. The lowest BCUT2D eigenvalue weighted by atomic mass is 10.1. The minimum atomic E-state index is -0.494. The predicted molar refractivity (Wildman–Crippen MR) is 91.5 cm³/mol. The number of ether oxygens (including phenoxy) is 1. The van der Waals surface area contributed by atoms with Crippen LogP contribution in [0.5, 0.6) is 0 Å². The first kappa shape index (κ1) is 15.7. The van der Waals surface area contributed by atoms with Crippen LogP contribution in [0.1, 0.15) is 22.8 Å². The number of amides is 1. The molecule has 0 saturated carbocycles. The fraction of sp³-hybridized carbons (Fsp3) is 0.222. The molecule has 2 aromatic rings. The average molecular weight is 374 g/mol. The Bertz CT molecular complexity index is 742. The van der Waals surface area contributed by atoms with Crippen LogP contribution >= 0.6 is 15.9 Å². The molecule has 0 fully saturated rings. The highest BCUT2D eigenvalue weighted by atomic mass is 79.9. The zero-order valence-electron chi connectivity index (χ0n) is 12.7. The van der Waals surface area contributed by atoms with E-state index in [1.165, 1.54) is 0 Å². The first-order chi connectivity index (χ1) is 11.1. The van der Waals surface area contributed by atoms with Gasteiger partial charge < -0.3 is 9.64 Å². The van der Waals surface area contributed by atoms with Crippen molar-refractivity contribution in [2.75, 3.05) is 11.5 Å². The molecule has 1 heterocycles. The molecule has 0 N–H and O–H groups in total. The van der Waals surface area contributed by atoms with E-state index in [4.69, 9.17) is 4.74 Å². The minimum Gasteiger partial charge on any atom is -0.452 e. The number of rotatable bonds is 3. The lowest BCUT2D eigenvalue weighted by Crippen LogP contribution is -2.38. The van der Waals surface area contributed by atoms with Crippen molar-refractivity contribution >= 4 is 33.5 Å². The van der Waals surface area contributed by atoms with Gasteiger partial charge in [-0.3, -0.25) is 4.79 Å². The number of esters is 1. The molecule has 1 atom stereocenters. The topological polar surface area (TPSA) is 46.6 Å². The van der Waals surface area contributed by atoms with Gasteiger partial charge in [0.05, 0.1) is 5.56 Å². The van der Waals surface area contributed by atoms with Crippen LogP contribution in [0.4, 0.5) is 5.69 Å². The van der Waals surface area contributed by atoms with Crippen LogP contribution in [0.3, 0.4) is 0 Å².